The molecule has 0 bridgehead atoms. The van der Waals surface area contributed by atoms with Gasteiger partial charge in [0.25, 0.3) is 0 Å². The van der Waals surface area contributed by atoms with Gasteiger partial charge in [-0.3, -0.25) is 0 Å². The molecular formula is C13H16N2O4S. The summed E-state index contributed by atoms with van der Waals surface area (Å²) in [5.41, 5.74) is -0.0124. The van der Waals surface area contributed by atoms with E-state index in [9.17, 15) is 13.2 Å². The largest absolute Gasteiger partial charge is 0.477 e. The van der Waals surface area contributed by atoms with Crippen LogP contribution in [0.3, 0.4) is 0 Å². The lowest BCUT2D eigenvalue weighted by Crippen LogP contribution is -2.33. The highest BCUT2D eigenvalue weighted by Crippen LogP contribution is 2.37. The Morgan fingerprint density at radius 3 is 2.75 bits per heavy atom. The van der Waals surface area contributed by atoms with Gasteiger partial charge in [-0.2, -0.15) is 4.72 Å². The SMILES string of the molecule is C#CC(CC)NS(=O)(=O)c1cc(C(=O)O)n(C2CC2)c1. The Bertz CT molecular complexity index is 665. The third kappa shape index (κ3) is 2.86. The van der Waals surface area contributed by atoms with Gasteiger partial charge in [-0.05, 0) is 25.3 Å². The van der Waals surface area contributed by atoms with Crippen LogP contribution in [0.4, 0.5) is 0 Å². The van der Waals surface area contributed by atoms with E-state index in [1.807, 2.05) is 0 Å². The van der Waals surface area contributed by atoms with Gasteiger partial charge in [0.1, 0.15) is 10.6 Å². The number of nitrogens with zero attached hydrogens (tertiary/aromatic N) is 1. The molecule has 0 amide bonds. The van der Waals surface area contributed by atoms with E-state index in [1.54, 1.807) is 6.92 Å². The maximum Gasteiger partial charge on any atom is 0.352 e. The van der Waals surface area contributed by atoms with Gasteiger partial charge in [-0.1, -0.05) is 12.8 Å². The molecule has 1 atom stereocenters. The number of sulfonamides is 1. The quantitative estimate of drug-likeness (QED) is 0.772. The van der Waals surface area contributed by atoms with E-state index >= 15 is 0 Å². The summed E-state index contributed by atoms with van der Waals surface area (Å²) in [6, 6.07) is 0.656. The number of nitrogens with one attached hydrogen (secondary N) is 1. The van der Waals surface area contributed by atoms with Crippen LogP contribution in [0.2, 0.25) is 0 Å². The molecule has 1 aliphatic rings. The second-order valence-corrected chi connectivity index (χ2v) is 6.47. The zero-order valence-corrected chi connectivity index (χ0v) is 11.9. The Morgan fingerprint density at radius 2 is 2.30 bits per heavy atom. The summed E-state index contributed by atoms with van der Waals surface area (Å²) in [5, 5.41) is 9.13. The van der Waals surface area contributed by atoms with E-state index < -0.39 is 22.0 Å². The van der Waals surface area contributed by atoms with E-state index in [0.717, 1.165) is 12.8 Å². The number of carboxylic acids is 1. The Labute approximate surface area is 117 Å². The first-order chi connectivity index (χ1) is 9.39. The molecule has 1 aromatic heterocycles. The average Bonchev–Trinajstić information content (AvgIpc) is 3.13. The normalized spacial score (nSPS) is 16.6. The van der Waals surface area contributed by atoms with Crippen molar-refractivity contribution in [2.45, 2.75) is 43.2 Å². The number of rotatable bonds is 6. The molecule has 1 aromatic rings. The van der Waals surface area contributed by atoms with Crippen molar-refractivity contribution >= 4 is 16.0 Å². The molecule has 20 heavy (non-hydrogen) atoms. The molecule has 2 rings (SSSR count). The Balaban J connectivity index is 2.35. The van der Waals surface area contributed by atoms with Gasteiger partial charge in [-0.25, -0.2) is 13.2 Å². The summed E-state index contributed by atoms with van der Waals surface area (Å²) in [5.74, 6) is 1.21. The number of aromatic carboxylic acids is 1. The molecule has 0 saturated heterocycles. The van der Waals surface area contributed by atoms with Gasteiger partial charge in [0.05, 0.1) is 6.04 Å². The molecule has 0 radical (unpaired) electrons. The fraction of sp³-hybridized carbons (Fsp3) is 0.462. The maximum atomic E-state index is 12.2. The molecule has 108 valence electrons. The fourth-order valence-corrected chi connectivity index (χ4v) is 3.18. The van der Waals surface area contributed by atoms with E-state index in [4.69, 9.17) is 11.5 Å². The van der Waals surface area contributed by atoms with Crippen LogP contribution in [0.5, 0.6) is 0 Å². The Hall–Kier alpha value is -1.78. The number of aromatic nitrogens is 1. The van der Waals surface area contributed by atoms with Crippen LogP contribution in [-0.2, 0) is 10.0 Å². The van der Waals surface area contributed by atoms with Crippen LogP contribution in [0.15, 0.2) is 17.2 Å². The number of terminal acetylenes is 1. The predicted molar refractivity (Wildman–Crippen MR) is 72.9 cm³/mol. The van der Waals surface area contributed by atoms with Crippen LogP contribution in [0.25, 0.3) is 0 Å². The summed E-state index contributed by atoms with van der Waals surface area (Å²) in [4.78, 5) is 11.1. The third-order valence-electron chi connectivity index (χ3n) is 3.20. The molecule has 1 fully saturated rings. The second-order valence-electron chi connectivity index (χ2n) is 4.75. The Morgan fingerprint density at radius 1 is 1.65 bits per heavy atom. The van der Waals surface area contributed by atoms with Gasteiger partial charge >= 0.3 is 5.97 Å². The highest BCUT2D eigenvalue weighted by molar-refractivity contribution is 7.89. The summed E-state index contributed by atoms with van der Waals surface area (Å²) in [6.45, 7) is 1.77. The van der Waals surface area contributed by atoms with Crippen LogP contribution in [0, 0.1) is 12.3 Å². The van der Waals surface area contributed by atoms with Crippen molar-refractivity contribution in [3.63, 3.8) is 0 Å². The molecular weight excluding hydrogens is 280 g/mol. The minimum Gasteiger partial charge on any atom is -0.477 e. The molecule has 0 aromatic carbocycles. The molecule has 0 spiro atoms. The summed E-state index contributed by atoms with van der Waals surface area (Å²) < 4.78 is 28.2. The fourth-order valence-electron chi connectivity index (χ4n) is 1.92. The van der Waals surface area contributed by atoms with E-state index in [1.165, 1.54) is 16.8 Å². The molecule has 2 N–H and O–H groups in total. The predicted octanol–water partition coefficient (Wildman–Crippen LogP) is 1.21. The van der Waals surface area contributed by atoms with Crippen LogP contribution >= 0.6 is 0 Å². The second kappa shape index (κ2) is 5.31. The molecule has 1 aliphatic carbocycles. The van der Waals surface area contributed by atoms with Crippen molar-refractivity contribution in [3.05, 3.63) is 18.0 Å². The van der Waals surface area contributed by atoms with Crippen molar-refractivity contribution in [1.82, 2.24) is 9.29 Å². The molecule has 1 heterocycles. The van der Waals surface area contributed by atoms with Crippen molar-refractivity contribution in [2.24, 2.45) is 0 Å². The third-order valence-corrected chi connectivity index (χ3v) is 4.64. The first-order valence-corrected chi connectivity index (χ1v) is 7.81. The van der Waals surface area contributed by atoms with Crippen LogP contribution < -0.4 is 4.72 Å². The molecule has 1 unspecified atom stereocenters. The topological polar surface area (TPSA) is 88.4 Å². The minimum absolute atomic E-state index is 0.0124. The lowest BCUT2D eigenvalue weighted by Gasteiger charge is -2.09. The maximum absolute atomic E-state index is 12.2. The standard InChI is InChI=1S/C13H16N2O4S/c1-3-9(4-2)14-20(18,19)11-7-12(13(16)17)15(8-11)10-5-6-10/h1,7-10,14H,4-6H2,2H3,(H,16,17). The lowest BCUT2D eigenvalue weighted by molar-refractivity contribution is 0.0685. The summed E-state index contributed by atoms with van der Waals surface area (Å²) in [7, 11) is -3.80. The first kappa shape index (κ1) is 14.6. The number of hydrogen-bond donors (Lipinski definition) is 2. The van der Waals surface area contributed by atoms with Crippen molar-refractivity contribution in [1.29, 1.82) is 0 Å². The van der Waals surface area contributed by atoms with Crippen molar-refractivity contribution < 1.29 is 18.3 Å². The van der Waals surface area contributed by atoms with Gasteiger partial charge in [-0.15, -0.1) is 6.42 Å². The average molecular weight is 296 g/mol. The number of carbonyl (C=O) groups is 1. The zero-order chi connectivity index (χ0) is 14.9. The van der Waals surface area contributed by atoms with E-state index in [0.29, 0.717) is 6.42 Å². The van der Waals surface area contributed by atoms with Gasteiger partial charge in [0.15, 0.2) is 0 Å². The zero-order valence-electron chi connectivity index (χ0n) is 11.0. The van der Waals surface area contributed by atoms with Crippen LogP contribution in [-0.4, -0.2) is 30.1 Å². The minimum atomic E-state index is -3.80. The molecule has 6 nitrogen and oxygen atoms in total. The molecule has 1 saturated carbocycles. The smallest absolute Gasteiger partial charge is 0.352 e. The highest BCUT2D eigenvalue weighted by Gasteiger charge is 2.30. The summed E-state index contributed by atoms with van der Waals surface area (Å²) in [6.07, 6.45) is 8.79. The number of carboxylic acid groups (broad SMARTS) is 1. The molecule has 0 aliphatic heterocycles. The molecule has 7 heteroatoms. The van der Waals surface area contributed by atoms with Crippen LogP contribution in [0.1, 0.15) is 42.7 Å². The summed E-state index contributed by atoms with van der Waals surface area (Å²) >= 11 is 0. The van der Waals surface area contributed by atoms with Gasteiger partial charge in [0, 0.05) is 12.2 Å². The van der Waals surface area contributed by atoms with Crippen molar-refractivity contribution in [2.75, 3.05) is 0 Å². The van der Waals surface area contributed by atoms with E-state index in [-0.39, 0.29) is 16.6 Å². The first-order valence-electron chi connectivity index (χ1n) is 6.32. The monoisotopic (exact) mass is 296 g/mol. The van der Waals surface area contributed by atoms with Crippen molar-refractivity contribution in [3.8, 4) is 12.3 Å². The van der Waals surface area contributed by atoms with Gasteiger partial charge in [0.2, 0.25) is 10.0 Å². The number of hydrogen-bond acceptors (Lipinski definition) is 3. The van der Waals surface area contributed by atoms with Gasteiger partial charge < -0.3 is 9.67 Å². The lowest BCUT2D eigenvalue weighted by atomic mass is 10.3. The highest BCUT2D eigenvalue weighted by atomic mass is 32.2. The Kier molecular flexibility index (Phi) is 3.88. The van der Waals surface area contributed by atoms with E-state index in [2.05, 4.69) is 10.6 Å².